The van der Waals surface area contributed by atoms with Gasteiger partial charge < -0.3 is 14.9 Å². The highest BCUT2D eigenvalue weighted by molar-refractivity contribution is 6.34. The lowest BCUT2D eigenvalue weighted by Gasteiger charge is -2.19. The van der Waals surface area contributed by atoms with Crippen molar-refractivity contribution in [2.45, 2.75) is 20.3 Å². The topological polar surface area (TPSA) is 72.8 Å². The van der Waals surface area contributed by atoms with Gasteiger partial charge in [-0.2, -0.15) is 0 Å². The first-order valence-corrected chi connectivity index (χ1v) is 11.9. The summed E-state index contributed by atoms with van der Waals surface area (Å²) in [6.45, 7) is 6.09. The first-order valence-electron chi connectivity index (χ1n) is 11.6. The fourth-order valence-electron chi connectivity index (χ4n) is 4.23. The average molecular weight is 492 g/mol. The third-order valence-electron chi connectivity index (χ3n) is 6.06. The molecule has 4 rings (SSSR count). The van der Waals surface area contributed by atoms with Gasteiger partial charge in [-0.15, -0.1) is 0 Å². The molecule has 1 N–H and O–H groups in total. The number of rotatable bonds is 7. The number of carbonyl (C=O) groups is 1. The predicted octanol–water partition coefficient (Wildman–Crippen LogP) is 5.32. The number of halogens is 1. The molecule has 8 heteroatoms. The predicted molar refractivity (Wildman–Crippen MR) is 142 cm³/mol. The maximum Gasteiger partial charge on any atom is 0.218 e. The Bertz CT molecular complexity index is 1260. The van der Waals surface area contributed by atoms with E-state index in [1.54, 1.807) is 30.7 Å². The summed E-state index contributed by atoms with van der Waals surface area (Å²) < 4.78 is 0. The lowest BCUT2D eigenvalue weighted by molar-refractivity contribution is -0.106. The molecule has 1 fully saturated rings. The van der Waals surface area contributed by atoms with E-state index in [4.69, 9.17) is 11.6 Å². The van der Waals surface area contributed by atoms with Gasteiger partial charge in [0.25, 0.3) is 0 Å². The van der Waals surface area contributed by atoms with Gasteiger partial charge in [0.15, 0.2) is 0 Å². The van der Waals surface area contributed by atoms with Crippen LogP contribution in [0.25, 0.3) is 22.4 Å². The Morgan fingerprint density at radius 3 is 2.60 bits per heavy atom. The molecule has 0 saturated carbocycles. The third kappa shape index (κ3) is 5.41. The number of nitrogens with zero attached hydrogens (tertiary/aromatic N) is 5. The zero-order valence-corrected chi connectivity index (χ0v) is 21.2. The summed E-state index contributed by atoms with van der Waals surface area (Å²) in [6.07, 6.45) is 7.01. The number of pyridine rings is 2. The lowest BCUT2D eigenvalue weighted by atomic mass is 10.0. The van der Waals surface area contributed by atoms with Crippen LogP contribution in [0.1, 0.15) is 19.0 Å². The zero-order chi connectivity index (χ0) is 25.1. The van der Waals surface area contributed by atoms with E-state index in [2.05, 4.69) is 21.8 Å². The molecule has 0 radical (unpaired) electrons. The molecule has 1 unspecified atom stereocenters. The van der Waals surface area contributed by atoms with Crippen molar-refractivity contribution in [1.29, 1.82) is 0 Å². The normalized spacial score (nSPS) is 15.6. The highest BCUT2D eigenvalue weighted by Gasteiger charge is 2.21. The molecule has 182 valence electrons. The molecule has 1 amide bonds. The van der Waals surface area contributed by atoms with E-state index < -0.39 is 0 Å². The molecule has 1 saturated heterocycles. The van der Waals surface area contributed by atoms with Crippen molar-refractivity contribution in [3.8, 4) is 28.1 Å². The second-order valence-corrected chi connectivity index (χ2v) is 9.60. The summed E-state index contributed by atoms with van der Waals surface area (Å²) >= 11 is 6.56. The molecule has 2 aromatic heterocycles. The van der Waals surface area contributed by atoms with Gasteiger partial charge in [-0.3, -0.25) is 9.69 Å². The van der Waals surface area contributed by atoms with Crippen molar-refractivity contribution < 1.29 is 9.90 Å². The van der Waals surface area contributed by atoms with Crippen LogP contribution in [0.5, 0.6) is 5.75 Å². The number of aromatic nitrogens is 2. The van der Waals surface area contributed by atoms with Crippen molar-refractivity contribution in [2.75, 3.05) is 37.0 Å². The van der Waals surface area contributed by atoms with Crippen molar-refractivity contribution >= 4 is 29.5 Å². The summed E-state index contributed by atoms with van der Waals surface area (Å²) in [5, 5.41) is 11.6. The molecular weight excluding hydrogens is 462 g/mol. The van der Waals surface area contributed by atoms with Crippen molar-refractivity contribution in [1.82, 2.24) is 14.9 Å². The highest BCUT2D eigenvalue weighted by Crippen LogP contribution is 2.40. The Morgan fingerprint density at radius 2 is 1.94 bits per heavy atom. The van der Waals surface area contributed by atoms with Gasteiger partial charge in [0.05, 0.1) is 10.7 Å². The summed E-state index contributed by atoms with van der Waals surface area (Å²) in [6, 6.07) is 11.0. The van der Waals surface area contributed by atoms with E-state index >= 15 is 0 Å². The number of hydrogen-bond donors (Lipinski definition) is 1. The molecule has 7 nitrogen and oxygen atoms in total. The zero-order valence-electron chi connectivity index (χ0n) is 20.4. The van der Waals surface area contributed by atoms with Gasteiger partial charge in [-0.05, 0) is 55.2 Å². The minimum absolute atomic E-state index is 0.0751. The van der Waals surface area contributed by atoms with Gasteiger partial charge in [0, 0.05) is 62.6 Å². The van der Waals surface area contributed by atoms with Gasteiger partial charge in [-0.25, -0.2) is 9.97 Å². The van der Waals surface area contributed by atoms with E-state index in [1.165, 1.54) is 4.90 Å². The third-order valence-corrected chi connectivity index (χ3v) is 6.37. The number of benzene rings is 1. The molecule has 0 bridgehead atoms. The fourth-order valence-corrected chi connectivity index (χ4v) is 4.51. The molecule has 1 atom stereocenters. The molecule has 1 aliphatic heterocycles. The molecule has 35 heavy (non-hydrogen) atoms. The van der Waals surface area contributed by atoms with Crippen LogP contribution in [0.4, 0.5) is 11.5 Å². The molecule has 0 aliphatic carbocycles. The summed E-state index contributed by atoms with van der Waals surface area (Å²) in [4.78, 5) is 26.3. The molecule has 3 aromatic rings. The van der Waals surface area contributed by atoms with Crippen LogP contribution < -0.4 is 9.80 Å². The van der Waals surface area contributed by atoms with Gasteiger partial charge >= 0.3 is 0 Å². The highest BCUT2D eigenvalue weighted by atomic mass is 35.5. The van der Waals surface area contributed by atoms with E-state index in [0.717, 1.165) is 42.1 Å². The summed E-state index contributed by atoms with van der Waals surface area (Å²) in [7, 11) is 3.74. The van der Waals surface area contributed by atoms with Crippen LogP contribution in [0.2, 0.25) is 5.02 Å². The first kappa shape index (κ1) is 24.5. The monoisotopic (exact) mass is 491 g/mol. The minimum atomic E-state index is 0.0751. The van der Waals surface area contributed by atoms with Crippen LogP contribution in [-0.2, 0) is 4.79 Å². The smallest absolute Gasteiger partial charge is 0.218 e. The van der Waals surface area contributed by atoms with Crippen molar-refractivity contribution in [3.63, 3.8) is 0 Å². The Balaban J connectivity index is 1.71. The van der Waals surface area contributed by atoms with Gasteiger partial charge in [-0.1, -0.05) is 24.6 Å². The average Bonchev–Trinajstić information content (AvgIpc) is 3.27. The Labute approximate surface area is 211 Å². The van der Waals surface area contributed by atoms with E-state index in [9.17, 15) is 9.90 Å². The molecule has 3 heterocycles. The van der Waals surface area contributed by atoms with Crippen molar-refractivity contribution in [3.05, 3.63) is 65.7 Å². The lowest BCUT2D eigenvalue weighted by Crippen LogP contribution is -2.20. The number of hydrogen-bond acceptors (Lipinski definition) is 6. The Morgan fingerprint density at radius 1 is 1.14 bits per heavy atom. The quantitative estimate of drug-likeness (QED) is 0.451. The van der Waals surface area contributed by atoms with Crippen LogP contribution in [-0.4, -0.2) is 53.6 Å². The maximum absolute atomic E-state index is 11.6. The SMILES string of the molecule is Cc1cc(-c2ccc(N(C=O)/C=C\N(C)C)c(Cl)c2)c(O)c(-c2ccnc(N3CCC(C)C3)c2)n1. The second kappa shape index (κ2) is 10.4. The summed E-state index contributed by atoms with van der Waals surface area (Å²) in [5.41, 5.74) is 3.97. The molecule has 1 aromatic carbocycles. The standard InChI is InChI=1S/C27H30ClN5O2/c1-18-8-10-32(16-18)25-15-21(7-9-29-25)26-27(35)22(13-19(2)30-26)20-5-6-24(23(28)14-20)33(17-34)12-11-31(3)4/h5-7,9,11-15,17-18,35H,8,10,16H2,1-4H3/b12-11-. The molecule has 1 aliphatic rings. The Hall–Kier alpha value is -3.58. The largest absolute Gasteiger partial charge is 0.505 e. The maximum atomic E-state index is 11.6. The number of amides is 1. The first-order chi connectivity index (χ1) is 16.8. The number of aryl methyl sites for hydroxylation is 1. The van der Waals surface area contributed by atoms with Crippen LogP contribution in [0, 0.1) is 12.8 Å². The summed E-state index contributed by atoms with van der Waals surface area (Å²) in [5.74, 6) is 1.60. The van der Waals surface area contributed by atoms with Crippen molar-refractivity contribution in [2.24, 2.45) is 5.92 Å². The number of carbonyl (C=O) groups excluding carboxylic acids is 1. The van der Waals surface area contributed by atoms with Crippen LogP contribution >= 0.6 is 11.6 Å². The second-order valence-electron chi connectivity index (χ2n) is 9.19. The minimum Gasteiger partial charge on any atom is -0.505 e. The Kier molecular flexibility index (Phi) is 7.26. The van der Waals surface area contributed by atoms with Crippen LogP contribution in [0.3, 0.4) is 0 Å². The van der Waals surface area contributed by atoms with Gasteiger partial charge in [0.2, 0.25) is 6.41 Å². The fraction of sp³-hybridized carbons (Fsp3) is 0.296. The van der Waals surface area contributed by atoms with E-state index in [1.807, 2.05) is 50.2 Å². The van der Waals surface area contributed by atoms with Gasteiger partial charge in [0.1, 0.15) is 17.3 Å². The van der Waals surface area contributed by atoms with E-state index in [0.29, 0.717) is 34.3 Å². The van der Waals surface area contributed by atoms with E-state index in [-0.39, 0.29) is 5.75 Å². The van der Waals surface area contributed by atoms with Crippen LogP contribution in [0.15, 0.2) is 55.0 Å². The molecular formula is C27H30ClN5O2. The molecule has 0 spiro atoms. The number of anilines is 2. The number of aromatic hydroxyl groups is 1.